The van der Waals surface area contributed by atoms with E-state index in [1.54, 1.807) is 0 Å². The molecule has 0 spiro atoms. The number of rotatable bonds is 3. The Morgan fingerprint density at radius 2 is 2.04 bits per heavy atom. The number of hydrogen-bond acceptors (Lipinski definition) is 6. The molecule has 0 aliphatic carbocycles. The van der Waals surface area contributed by atoms with Crippen LogP contribution in [0.3, 0.4) is 0 Å². The Morgan fingerprint density at radius 1 is 1.27 bits per heavy atom. The van der Waals surface area contributed by atoms with Crippen molar-refractivity contribution in [3.8, 4) is 0 Å². The van der Waals surface area contributed by atoms with E-state index in [0.717, 1.165) is 5.56 Å². The molecule has 4 rings (SSSR count). The smallest absolute Gasteiger partial charge is 0.410 e. The minimum Gasteiger partial charge on any atom is -0.447 e. The molecule has 1 unspecified atom stereocenters. The highest BCUT2D eigenvalue weighted by Gasteiger charge is 2.51. The summed E-state index contributed by atoms with van der Waals surface area (Å²) in [6.07, 6.45) is 0.442. The van der Waals surface area contributed by atoms with Gasteiger partial charge in [0.05, 0.1) is 5.69 Å². The molecular formula is C18H20ClN5O2. The van der Waals surface area contributed by atoms with Gasteiger partial charge in [0.15, 0.2) is 5.82 Å². The van der Waals surface area contributed by atoms with Crippen LogP contribution in [0, 0.1) is 6.92 Å². The van der Waals surface area contributed by atoms with Crippen LogP contribution in [-0.2, 0) is 11.2 Å². The number of carbonyl (C=O) groups is 1. The molecule has 8 heteroatoms. The van der Waals surface area contributed by atoms with Crippen molar-refractivity contribution in [1.29, 1.82) is 0 Å². The number of benzene rings is 1. The van der Waals surface area contributed by atoms with Crippen molar-refractivity contribution in [2.24, 2.45) is 0 Å². The highest BCUT2D eigenvalue weighted by Crippen LogP contribution is 2.36. The summed E-state index contributed by atoms with van der Waals surface area (Å²) in [6, 6.07) is 10.1. The number of amides is 1. The summed E-state index contributed by atoms with van der Waals surface area (Å²) in [5.74, 6) is 0.809. The molecule has 1 aromatic heterocycles. The van der Waals surface area contributed by atoms with Crippen molar-refractivity contribution in [1.82, 2.24) is 14.9 Å². The topological polar surface area (TPSA) is 84.6 Å². The first-order chi connectivity index (χ1) is 12.5. The maximum absolute atomic E-state index is 12.2. The maximum Gasteiger partial charge on any atom is 0.410 e. The van der Waals surface area contributed by atoms with Crippen LogP contribution in [0.15, 0.2) is 30.3 Å². The predicted octanol–water partition coefficient (Wildman–Crippen LogP) is 2.27. The van der Waals surface area contributed by atoms with Crippen LogP contribution < -0.4 is 10.6 Å². The number of cyclic esters (lactones) is 1. The number of piperazine rings is 1. The SMILES string of the molecule is Cc1nc(N)nc(N2CCN3C(=O)OCC3(Cc3ccccc3)C2)c1Cl. The minimum atomic E-state index is -0.451. The fourth-order valence-corrected chi connectivity index (χ4v) is 4.00. The van der Waals surface area contributed by atoms with Gasteiger partial charge in [-0.25, -0.2) is 9.78 Å². The Balaban J connectivity index is 1.69. The standard InChI is InChI=1S/C18H20ClN5O2/c1-12-14(19)15(22-16(20)21-12)23-7-8-24-17(25)26-11-18(24,10-23)9-13-5-3-2-4-6-13/h2-6H,7-11H2,1H3,(H2,20,21,22). The number of carbonyl (C=O) groups excluding carboxylic acids is 1. The Hall–Kier alpha value is -2.54. The molecule has 7 nitrogen and oxygen atoms in total. The van der Waals surface area contributed by atoms with Gasteiger partial charge >= 0.3 is 6.09 Å². The lowest BCUT2D eigenvalue weighted by Gasteiger charge is -2.45. The van der Waals surface area contributed by atoms with Crippen molar-refractivity contribution in [2.75, 3.05) is 36.9 Å². The van der Waals surface area contributed by atoms with Crippen LogP contribution in [0.1, 0.15) is 11.3 Å². The monoisotopic (exact) mass is 373 g/mol. The number of nitrogens with two attached hydrogens (primary N) is 1. The summed E-state index contributed by atoms with van der Waals surface area (Å²) in [4.78, 5) is 24.6. The first-order valence-corrected chi connectivity index (χ1v) is 8.89. The summed E-state index contributed by atoms with van der Waals surface area (Å²) in [5.41, 5.74) is 7.17. The van der Waals surface area contributed by atoms with Gasteiger partial charge in [0, 0.05) is 26.1 Å². The molecule has 26 heavy (non-hydrogen) atoms. The van der Waals surface area contributed by atoms with Gasteiger partial charge in [-0.2, -0.15) is 4.98 Å². The van der Waals surface area contributed by atoms with Gasteiger partial charge in [0.2, 0.25) is 5.95 Å². The molecule has 1 amide bonds. The van der Waals surface area contributed by atoms with Gasteiger partial charge in [-0.15, -0.1) is 0 Å². The van der Waals surface area contributed by atoms with E-state index in [9.17, 15) is 4.79 Å². The first-order valence-electron chi connectivity index (χ1n) is 8.51. The van der Waals surface area contributed by atoms with Gasteiger partial charge in [-0.1, -0.05) is 41.9 Å². The second-order valence-electron chi connectivity index (χ2n) is 6.82. The van der Waals surface area contributed by atoms with E-state index in [-0.39, 0.29) is 12.0 Å². The van der Waals surface area contributed by atoms with E-state index in [0.29, 0.717) is 49.2 Å². The highest BCUT2D eigenvalue weighted by atomic mass is 35.5. The summed E-state index contributed by atoms with van der Waals surface area (Å²) in [7, 11) is 0. The van der Waals surface area contributed by atoms with E-state index in [2.05, 4.69) is 27.0 Å². The molecule has 1 atom stereocenters. The summed E-state index contributed by atoms with van der Waals surface area (Å²) < 4.78 is 5.41. The Bertz CT molecular complexity index is 847. The highest BCUT2D eigenvalue weighted by molar-refractivity contribution is 6.33. The first kappa shape index (κ1) is 16.9. The number of nitrogens with zero attached hydrogens (tertiary/aromatic N) is 4. The average molecular weight is 374 g/mol. The Morgan fingerprint density at radius 3 is 2.81 bits per heavy atom. The number of halogens is 1. The Labute approximate surface area is 156 Å². The van der Waals surface area contributed by atoms with E-state index < -0.39 is 5.54 Å². The normalized spacial score (nSPS) is 22.3. The Kier molecular flexibility index (Phi) is 4.11. The lowest BCUT2D eigenvalue weighted by molar-refractivity contribution is 0.140. The van der Waals surface area contributed by atoms with E-state index in [1.165, 1.54) is 0 Å². The van der Waals surface area contributed by atoms with Crippen LogP contribution in [-0.4, -0.2) is 52.7 Å². The largest absolute Gasteiger partial charge is 0.447 e. The maximum atomic E-state index is 12.2. The molecular weight excluding hydrogens is 354 g/mol. The van der Waals surface area contributed by atoms with Crippen LogP contribution in [0.4, 0.5) is 16.6 Å². The summed E-state index contributed by atoms with van der Waals surface area (Å²) >= 11 is 6.44. The quantitative estimate of drug-likeness (QED) is 0.888. The zero-order chi connectivity index (χ0) is 18.3. The van der Waals surface area contributed by atoms with Crippen molar-refractivity contribution < 1.29 is 9.53 Å². The second kappa shape index (κ2) is 6.32. The van der Waals surface area contributed by atoms with Gasteiger partial charge in [-0.05, 0) is 12.5 Å². The fraction of sp³-hybridized carbons (Fsp3) is 0.389. The van der Waals surface area contributed by atoms with Crippen molar-refractivity contribution >= 4 is 29.5 Å². The number of ether oxygens (including phenoxy) is 1. The van der Waals surface area contributed by atoms with Crippen molar-refractivity contribution in [2.45, 2.75) is 18.9 Å². The number of fused-ring (bicyclic) bond motifs is 1. The van der Waals surface area contributed by atoms with Gasteiger partial charge in [0.1, 0.15) is 17.2 Å². The molecule has 0 radical (unpaired) electrons. The zero-order valence-corrected chi connectivity index (χ0v) is 15.2. The fourth-order valence-electron chi connectivity index (χ4n) is 3.79. The third-order valence-corrected chi connectivity index (χ3v) is 5.47. The van der Waals surface area contributed by atoms with E-state index >= 15 is 0 Å². The molecule has 2 aromatic rings. The van der Waals surface area contributed by atoms with Gasteiger partial charge < -0.3 is 15.4 Å². The average Bonchev–Trinajstić information content (AvgIpc) is 2.95. The van der Waals surface area contributed by atoms with Gasteiger partial charge in [0.25, 0.3) is 0 Å². The van der Waals surface area contributed by atoms with Gasteiger partial charge in [-0.3, -0.25) is 4.90 Å². The molecule has 3 heterocycles. The number of aromatic nitrogens is 2. The molecule has 0 bridgehead atoms. The molecule has 2 aliphatic rings. The van der Waals surface area contributed by atoms with Crippen LogP contribution >= 0.6 is 11.6 Å². The second-order valence-corrected chi connectivity index (χ2v) is 7.20. The molecule has 2 saturated heterocycles. The lowest BCUT2D eigenvalue weighted by atomic mass is 9.88. The van der Waals surface area contributed by atoms with E-state index in [1.807, 2.05) is 30.0 Å². The number of nitrogen functional groups attached to an aromatic ring is 1. The summed E-state index contributed by atoms with van der Waals surface area (Å²) in [5, 5.41) is 0.493. The molecule has 2 aliphatic heterocycles. The third-order valence-electron chi connectivity index (χ3n) is 5.03. The van der Waals surface area contributed by atoms with E-state index in [4.69, 9.17) is 22.1 Å². The third kappa shape index (κ3) is 2.82. The molecule has 2 N–H and O–H groups in total. The van der Waals surface area contributed by atoms with Crippen LogP contribution in [0.2, 0.25) is 5.02 Å². The number of anilines is 2. The molecule has 0 saturated carbocycles. The summed E-state index contributed by atoms with van der Waals surface area (Å²) in [6.45, 7) is 3.88. The molecule has 1 aromatic carbocycles. The zero-order valence-electron chi connectivity index (χ0n) is 14.5. The van der Waals surface area contributed by atoms with Crippen LogP contribution in [0.25, 0.3) is 0 Å². The lowest BCUT2D eigenvalue weighted by Crippen LogP contribution is -2.62. The molecule has 2 fully saturated rings. The number of hydrogen-bond donors (Lipinski definition) is 1. The van der Waals surface area contributed by atoms with Crippen molar-refractivity contribution in [3.63, 3.8) is 0 Å². The predicted molar refractivity (Wildman–Crippen MR) is 99.3 cm³/mol. The number of aryl methyl sites for hydroxylation is 1. The van der Waals surface area contributed by atoms with Crippen molar-refractivity contribution in [3.05, 3.63) is 46.6 Å². The minimum absolute atomic E-state index is 0.195. The molecule has 136 valence electrons. The van der Waals surface area contributed by atoms with Crippen LogP contribution in [0.5, 0.6) is 0 Å².